The highest BCUT2D eigenvalue weighted by atomic mass is 16.5. The molecule has 0 atom stereocenters. The van der Waals surface area contributed by atoms with Crippen LogP contribution >= 0.6 is 0 Å². The Kier molecular flexibility index (Phi) is 2.77. The van der Waals surface area contributed by atoms with Crippen LogP contribution in [0.5, 0.6) is 11.8 Å². The number of hydrogen-bond donors (Lipinski definition) is 1. The number of nitrogens with zero attached hydrogens (tertiary/aromatic N) is 1. The molecule has 1 N–H and O–H groups in total. The average Bonchev–Trinajstić information content (AvgIpc) is 2.39. The molecule has 1 rings (SSSR count). The van der Waals surface area contributed by atoms with Crippen LogP contribution in [0.3, 0.4) is 0 Å². The number of hydrogen-bond acceptors (Lipinski definition) is 3. The lowest BCUT2D eigenvalue weighted by Gasteiger charge is -2.02. The molecule has 0 aromatic carbocycles. The monoisotopic (exact) mass is 156 g/mol. The van der Waals surface area contributed by atoms with Gasteiger partial charge in [-0.2, -0.15) is 4.98 Å². The first-order valence-corrected chi connectivity index (χ1v) is 3.67. The summed E-state index contributed by atoms with van der Waals surface area (Å²) in [6.07, 6.45) is 1.55. The average molecular weight is 156 g/mol. The van der Waals surface area contributed by atoms with E-state index in [0.717, 1.165) is 0 Å². The minimum atomic E-state index is 0.536. The van der Waals surface area contributed by atoms with Crippen LogP contribution < -0.4 is 9.47 Å². The van der Waals surface area contributed by atoms with Crippen molar-refractivity contribution in [2.24, 2.45) is 0 Å². The maximum absolute atomic E-state index is 5.19. The smallest absolute Gasteiger partial charge is 0.277 e. The van der Waals surface area contributed by atoms with E-state index in [1.54, 1.807) is 6.33 Å². The first-order chi connectivity index (χ1) is 5.38. The molecule has 0 aliphatic carbocycles. The van der Waals surface area contributed by atoms with E-state index in [2.05, 4.69) is 9.97 Å². The molecular weight excluding hydrogens is 144 g/mol. The molecule has 0 amide bonds. The Morgan fingerprint density at radius 3 is 2.73 bits per heavy atom. The number of aromatic nitrogens is 2. The molecule has 4 nitrogen and oxygen atoms in total. The Hall–Kier alpha value is -1.19. The Balaban J connectivity index is 2.62. The van der Waals surface area contributed by atoms with Crippen molar-refractivity contribution in [3.8, 4) is 11.8 Å². The second kappa shape index (κ2) is 3.85. The first kappa shape index (κ1) is 7.91. The molecular formula is C7H12N2O2. The predicted molar refractivity (Wildman–Crippen MR) is 40.9 cm³/mol. The summed E-state index contributed by atoms with van der Waals surface area (Å²) in [4.78, 5) is 6.75. The van der Waals surface area contributed by atoms with Crippen LogP contribution in [0.1, 0.15) is 13.8 Å². The van der Waals surface area contributed by atoms with Gasteiger partial charge in [-0.3, -0.25) is 0 Å². The fourth-order valence-corrected chi connectivity index (χ4v) is 0.757. The van der Waals surface area contributed by atoms with Crippen molar-refractivity contribution >= 4 is 0 Å². The van der Waals surface area contributed by atoms with Crippen molar-refractivity contribution in [3.63, 3.8) is 0 Å². The van der Waals surface area contributed by atoms with Gasteiger partial charge in [-0.05, 0) is 13.8 Å². The van der Waals surface area contributed by atoms with Crippen LogP contribution in [0.25, 0.3) is 0 Å². The molecule has 0 unspecified atom stereocenters. The lowest BCUT2D eigenvalue weighted by atomic mass is 10.7. The second-order valence-electron chi connectivity index (χ2n) is 1.90. The summed E-state index contributed by atoms with van der Waals surface area (Å²) in [7, 11) is 0. The van der Waals surface area contributed by atoms with Gasteiger partial charge in [0.05, 0.1) is 19.5 Å². The Morgan fingerprint density at radius 1 is 1.36 bits per heavy atom. The highest BCUT2D eigenvalue weighted by Gasteiger charge is 2.05. The topological polar surface area (TPSA) is 47.1 Å². The van der Waals surface area contributed by atoms with Crippen molar-refractivity contribution in [1.29, 1.82) is 0 Å². The van der Waals surface area contributed by atoms with Gasteiger partial charge in [0.25, 0.3) is 11.8 Å². The van der Waals surface area contributed by atoms with E-state index in [-0.39, 0.29) is 0 Å². The third-order valence-corrected chi connectivity index (χ3v) is 1.14. The van der Waals surface area contributed by atoms with Crippen LogP contribution in [0.2, 0.25) is 0 Å². The van der Waals surface area contributed by atoms with Crippen molar-refractivity contribution < 1.29 is 9.47 Å². The minimum absolute atomic E-state index is 0.536. The Labute approximate surface area is 65.5 Å². The van der Waals surface area contributed by atoms with Crippen LogP contribution in [-0.4, -0.2) is 23.2 Å². The summed E-state index contributed by atoms with van der Waals surface area (Å²) in [6, 6.07) is 0. The summed E-state index contributed by atoms with van der Waals surface area (Å²) in [5, 5.41) is 0. The summed E-state index contributed by atoms with van der Waals surface area (Å²) in [5.74, 6) is 1.14. The molecule has 1 heterocycles. The Morgan fingerprint density at radius 2 is 2.09 bits per heavy atom. The number of nitrogens with one attached hydrogen (secondary N) is 1. The normalized spacial score (nSPS) is 9.64. The van der Waals surface area contributed by atoms with Crippen molar-refractivity contribution in [2.75, 3.05) is 13.2 Å². The third-order valence-electron chi connectivity index (χ3n) is 1.14. The number of ether oxygens (including phenoxy) is 2. The quantitative estimate of drug-likeness (QED) is 0.712. The molecule has 0 aliphatic heterocycles. The number of H-pyrrole nitrogens is 1. The fourth-order valence-electron chi connectivity index (χ4n) is 0.757. The fraction of sp³-hybridized carbons (Fsp3) is 0.571. The molecule has 0 saturated carbocycles. The number of imidazole rings is 1. The molecule has 62 valence electrons. The summed E-state index contributed by atoms with van der Waals surface area (Å²) in [6.45, 7) is 5.04. The highest BCUT2D eigenvalue weighted by molar-refractivity contribution is 5.24. The van der Waals surface area contributed by atoms with E-state index in [9.17, 15) is 0 Å². The zero-order chi connectivity index (χ0) is 8.10. The maximum Gasteiger partial charge on any atom is 0.277 e. The van der Waals surface area contributed by atoms with E-state index >= 15 is 0 Å². The zero-order valence-electron chi connectivity index (χ0n) is 6.76. The Bertz CT molecular complexity index is 189. The maximum atomic E-state index is 5.19. The van der Waals surface area contributed by atoms with Crippen molar-refractivity contribution in [2.45, 2.75) is 13.8 Å². The standard InChI is InChI=1S/C7H12N2O2/c1-3-10-6-7(11-4-2)9-5-8-6/h5H,3-4H2,1-2H3,(H,8,9). The van der Waals surface area contributed by atoms with Gasteiger partial charge < -0.3 is 14.5 Å². The SMILES string of the molecule is CCOc1nc[nH]c1OCC. The van der Waals surface area contributed by atoms with Crippen LogP contribution in [0.4, 0.5) is 0 Å². The molecule has 11 heavy (non-hydrogen) atoms. The van der Waals surface area contributed by atoms with Gasteiger partial charge >= 0.3 is 0 Å². The lowest BCUT2D eigenvalue weighted by Crippen LogP contribution is -1.97. The summed E-state index contributed by atoms with van der Waals surface area (Å²) < 4.78 is 10.3. The van der Waals surface area contributed by atoms with Gasteiger partial charge in [-0.1, -0.05) is 0 Å². The van der Waals surface area contributed by atoms with E-state index < -0.39 is 0 Å². The molecule has 0 radical (unpaired) electrons. The van der Waals surface area contributed by atoms with Gasteiger partial charge in [0.1, 0.15) is 0 Å². The van der Waals surface area contributed by atoms with Gasteiger partial charge in [0, 0.05) is 0 Å². The van der Waals surface area contributed by atoms with Gasteiger partial charge in [-0.15, -0.1) is 0 Å². The molecule has 0 saturated heterocycles. The van der Waals surface area contributed by atoms with E-state index in [1.807, 2.05) is 13.8 Å². The van der Waals surface area contributed by atoms with Crippen molar-refractivity contribution in [3.05, 3.63) is 6.33 Å². The van der Waals surface area contributed by atoms with Crippen LogP contribution in [0.15, 0.2) is 6.33 Å². The van der Waals surface area contributed by atoms with Crippen LogP contribution in [-0.2, 0) is 0 Å². The zero-order valence-corrected chi connectivity index (χ0v) is 6.76. The summed E-state index contributed by atoms with van der Waals surface area (Å²) >= 11 is 0. The highest BCUT2D eigenvalue weighted by Crippen LogP contribution is 2.20. The molecule has 0 fully saturated rings. The molecule has 1 aromatic rings. The van der Waals surface area contributed by atoms with Crippen molar-refractivity contribution in [1.82, 2.24) is 9.97 Å². The largest absolute Gasteiger partial charge is 0.475 e. The van der Waals surface area contributed by atoms with Crippen LogP contribution in [0, 0.1) is 0 Å². The third kappa shape index (κ3) is 1.86. The number of aromatic amines is 1. The molecule has 0 bridgehead atoms. The molecule has 4 heteroatoms. The van der Waals surface area contributed by atoms with E-state index in [4.69, 9.17) is 9.47 Å². The molecule has 0 aliphatic rings. The number of rotatable bonds is 4. The molecule has 1 aromatic heterocycles. The van der Waals surface area contributed by atoms with Gasteiger partial charge in [0.2, 0.25) is 0 Å². The molecule has 0 spiro atoms. The van der Waals surface area contributed by atoms with Gasteiger partial charge in [0.15, 0.2) is 0 Å². The van der Waals surface area contributed by atoms with E-state index in [0.29, 0.717) is 25.0 Å². The summed E-state index contributed by atoms with van der Waals surface area (Å²) in [5.41, 5.74) is 0. The minimum Gasteiger partial charge on any atom is -0.475 e. The first-order valence-electron chi connectivity index (χ1n) is 3.67. The lowest BCUT2D eigenvalue weighted by molar-refractivity contribution is 0.276. The second-order valence-corrected chi connectivity index (χ2v) is 1.90. The predicted octanol–water partition coefficient (Wildman–Crippen LogP) is 1.21. The van der Waals surface area contributed by atoms with E-state index in [1.165, 1.54) is 0 Å². The van der Waals surface area contributed by atoms with Gasteiger partial charge in [-0.25, -0.2) is 0 Å².